The van der Waals surface area contributed by atoms with Crippen molar-refractivity contribution in [3.63, 3.8) is 0 Å². The molecule has 0 bridgehead atoms. The third-order valence-electron chi connectivity index (χ3n) is 4.22. The van der Waals surface area contributed by atoms with Gasteiger partial charge in [-0.2, -0.15) is 0 Å². The quantitative estimate of drug-likeness (QED) is 0.871. The van der Waals surface area contributed by atoms with Crippen molar-refractivity contribution in [1.29, 1.82) is 0 Å². The van der Waals surface area contributed by atoms with E-state index in [1.54, 1.807) is 6.92 Å². The van der Waals surface area contributed by atoms with Gasteiger partial charge in [0.25, 0.3) is 0 Å². The summed E-state index contributed by atoms with van der Waals surface area (Å²) in [7, 11) is 0. The summed E-state index contributed by atoms with van der Waals surface area (Å²) >= 11 is 0. The van der Waals surface area contributed by atoms with Crippen LogP contribution < -0.4 is 4.74 Å². The van der Waals surface area contributed by atoms with E-state index in [1.807, 2.05) is 12.1 Å². The van der Waals surface area contributed by atoms with Crippen LogP contribution in [0.4, 0.5) is 0 Å². The maximum Gasteiger partial charge on any atom is 0.125 e. The van der Waals surface area contributed by atoms with Crippen molar-refractivity contribution in [2.45, 2.75) is 65.1 Å². The third kappa shape index (κ3) is 3.73. The van der Waals surface area contributed by atoms with Crippen LogP contribution in [-0.4, -0.2) is 11.2 Å². The van der Waals surface area contributed by atoms with Crippen LogP contribution in [0.2, 0.25) is 0 Å². The summed E-state index contributed by atoms with van der Waals surface area (Å²) in [5, 5.41) is 9.84. The molecule has 0 radical (unpaired) electrons. The van der Waals surface area contributed by atoms with Gasteiger partial charge in [0.15, 0.2) is 0 Å². The number of rotatable bonds is 4. The van der Waals surface area contributed by atoms with Crippen molar-refractivity contribution in [2.24, 2.45) is 5.92 Å². The summed E-state index contributed by atoms with van der Waals surface area (Å²) in [6.07, 6.45) is 6.00. The maximum absolute atomic E-state index is 9.84. The fourth-order valence-electron chi connectivity index (χ4n) is 2.99. The summed E-state index contributed by atoms with van der Waals surface area (Å²) in [6, 6.07) is 6.07. The summed E-state index contributed by atoms with van der Waals surface area (Å²) in [5.74, 6) is 1.68. The number of hydrogen-bond donors (Lipinski definition) is 1. The molecular weight excluding hydrogens is 236 g/mol. The summed E-state index contributed by atoms with van der Waals surface area (Å²) in [6.45, 7) is 6.13. The van der Waals surface area contributed by atoms with Gasteiger partial charge < -0.3 is 9.84 Å². The molecule has 1 saturated carbocycles. The van der Waals surface area contributed by atoms with Crippen LogP contribution in [0.3, 0.4) is 0 Å². The van der Waals surface area contributed by atoms with Crippen LogP contribution >= 0.6 is 0 Å². The van der Waals surface area contributed by atoms with Gasteiger partial charge in [-0.15, -0.1) is 0 Å². The second-order valence-corrected chi connectivity index (χ2v) is 5.90. The summed E-state index contributed by atoms with van der Waals surface area (Å²) < 4.78 is 6.20. The van der Waals surface area contributed by atoms with Crippen molar-refractivity contribution < 1.29 is 9.84 Å². The highest BCUT2D eigenvalue weighted by atomic mass is 16.5. The SMILES string of the molecule is CCC1CCCC(Oc2cc(C)ccc2[C@@H](C)O)C1. The minimum Gasteiger partial charge on any atom is -0.490 e. The molecule has 2 nitrogen and oxygen atoms in total. The largest absolute Gasteiger partial charge is 0.490 e. The van der Waals surface area contributed by atoms with E-state index in [2.05, 4.69) is 19.9 Å². The lowest BCUT2D eigenvalue weighted by Gasteiger charge is -2.30. The molecule has 1 aliphatic rings. The highest BCUT2D eigenvalue weighted by molar-refractivity contribution is 5.38. The van der Waals surface area contributed by atoms with Crippen molar-refractivity contribution in [3.8, 4) is 5.75 Å². The van der Waals surface area contributed by atoms with Crippen molar-refractivity contribution in [3.05, 3.63) is 29.3 Å². The molecule has 0 aromatic heterocycles. The van der Waals surface area contributed by atoms with Gasteiger partial charge >= 0.3 is 0 Å². The van der Waals surface area contributed by atoms with Crippen molar-refractivity contribution in [1.82, 2.24) is 0 Å². The minimum absolute atomic E-state index is 0.318. The van der Waals surface area contributed by atoms with E-state index in [0.717, 1.165) is 30.1 Å². The van der Waals surface area contributed by atoms with Crippen LogP contribution in [0.25, 0.3) is 0 Å². The Kier molecular flexibility index (Phi) is 4.87. The number of ether oxygens (including phenoxy) is 1. The first-order chi connectivity index (χ1) is 9.10. The van der Waals surface area contributed by atoms with E-state index < -0.39 is 6.10 Å². The smallest absolute Gasteiger partial charge is 0.125 e. The second-order valence-electron chi connectivity index (χ2n) is 5.90. The predicted octanol–water partition coefficient (Wildman–Crippen LogP) is 4.40. The van der Waals surface area contributed by atoms with E-state index in [-0.39, 0.29) is 0 Å². The van der Waals surface area contributed by atoms with Gasteiger partial charge in [-0.3, -0.25) is 0 Å². The molecule has 106 valence electrons. The molecule has 19 heavy (non-hydrogen) atoms. The Morgan fingerprint density at radius 3 is 2.84 bits per heavy atom. The van der Waals surface area contributed by atoms with Crippen LogP contribution in [-0.2, 0) is 0 Å². The number of aryl methyl sites for hydroxylation is 1. The molecule has 0 heterocycles. The van der Waals surface area contributed by atoms with Gasteiger partial charge in [0.1, 0.15) is 5.75 Å². The Morgan fingerprint density at radius 2 is 2.16 bits per heavy atom. The molecule has 1 N–H and O–H groups in total. The zero-order chi connectivity index (χ0) is 13.8. The Labute approximate surface area is 116 Å². The second kappa shape index (κ2) is 6.42. The lowest BCUT2D eigenvalue weighted by Crippen LogP contribution is -2.25. The van der Waals surface area contributed by atoms with Crippen molar-refractivity contribution in [2.75, 3.05) is 0 Å². The van der Waals surface area contributed by atoms with Crippen LogP contribution in [0, 0.1) is 12.8 Å². The Hall–Kier alpha value is -1.02. The molecule has 3 atom stereocenters. The molecule has 0 spiro atoms. The molecule has 2 heteroatoms. The molecule has 1 aromatic rings. The first-order valence-electron chi connectivity index (χ1n) is 7.55. The molecular formula is C17H26O2. The van der Waals surface area contributed by atoms with Gasteiger partial charge in [0, 0.05) is 5.56 Å². The zero-order valence-corrected chi connectivity index (χ0v) is 12.4. The highest BCUT2D eigenvalue weighted by Gasteiger charge is 2.23. The van der Waals surface area contributed by atoms with Crippen molar-refractivity contribution >= 4 is 0 Å². The van der Waals surface area contributed by atoms with Crippen LogP contribution in [0.1, 0.15) is 63.2 Å². The summed E-state index contributed by atoms with van der Waals surface area (Å²) in [5.41, 5.74) is 2.09. The third-order valence-corrected chi connectivity index (χ3v) is 4.22. The molecule has 1 fully saturated rings. The standard InChI is InChI=1S/C17H26O2/c1-4-14-6-5-7-15(11-14)19-17-10-12(2)8-9-16(17)13(3)18/h8-10,13-15,18H,4-7,11H2,1-3H3/t13-,14?,15?/m1/s1. The van der Waals surface area contributed by atoms with E-state index in [9.17, 15) is 5.11 Å². The van der Waals surface area contributed by atoms with E-state index in [4.69, 9.17) is 4.74 Å². The van der Waals surface area contributed by atoms with E-state index in [1.165, 1.54) is 24.8 Å². The van der Waals surface area contributed by atoms with Gasteiger partial charge in [0.05, 0.1) is 12.2 Å². The number of aliphatic hydroxyl groups excluding tert-OH is 1. The Morgan fingerprint density at radius 1 is 1.37 bits per heavy atom. The molecule has 1 aromatic carbocycles. The maximum atomic E-state index is 9.84. The average Bonchev–Trinajstić information content (AvgIpc) is 2.38. The average molecular weight is 262 g/mol. The molecule has 0 aliphatic heterocycles. The predicted molar refractivity (Wildman–Crippen MR) is 78.5 cm³/mol. The minimum atomic E-state index is -0.471. The Balaban J connectivity index is 2.11. The lowest BCUT2D eigenvalue weighted by atomic mass is 9.85. The number of aliphatic hydroxyl groups is 1. The fraction of sp³-hybridized carbons (Fsp3) is 0.647. The number of hydrogen-bond acceptors (Lipinski definition) is 2. The van der Waals surface area contributed by atoms with Gasteiger partial charge in [-0.05, 0) is 50.7 Å². The highest BCUT2D eigenvalue weighted by Crippen LogP contribution is 2.33. The summed E-state index contributed by atoms with van der Waals surface area (Å²) in [4.78, 5) is 0. The molecule has 0 amide bonds. The Bertz CT molecular complexity index is 412. The molecule has 1 aliphatic carbocycles. The first kappa shape index (κ1) is 14.4. The lowest BCUT2D eigenvalue weighted by molar-refractivity contribution is 0.115. The first-order valence-corrected chi connectivity index (χ1v) is 7.55. The monoisotopic (exact) mass is 262 g/mol. The topological polar surface area (TPSA) is 29.5 Å². The molecule has 2 unspecified atom stereocenters. The van der Waals surface area contributed by atoms with E-state index in [0.29, 0.717) is 6.10 Å². The van der Waals surface area contributed by atoms with Gasteiger partial charge in [-0.1, -0.05) is 31.9 Å². The fourth-order valence-corrected chi connectivity index (χ4v) is 2.99. The molecule has 0 saturated heterocycles. The normalized spacial score (nSPS) is 25.1. The molecule has 2 rings (SSSR count). The zero-order valence-electron chi connectivity index (χ0n) is 12.4. The van der Waals surface area contributed by atoms with Gasteiger partial charge in [0.2, 0.25) is 0 Å². The number of benzene rings is 1. The van der Waals surface area contributed by atoms with Gasteiger partial charge in [-0.25, -0.2) is 0 Å². The van der Waals surface area contributed by atoms with E-state index >= 15 is 0 Å². The van der Waals surface area contributed by atoms with Crippen LogP contribution in [0.5, 0.6) is 5.75 Å². The van der Waals surface area contributed by atoms with Crippen LogP contribution in [0.15, 0.2) is 18.2 Å².